The van der Waals surface area contributed by atoms with Gasteiger partial charge in [0, 0.05) is 22.8 Å². The van der Waals surface area contributed by atoms with Crippen LogP contribution < -0.4 is 0 Å². The third-order valence-corrected chi connectivity index (χ3v) is 4.15. The molecule has 2 nitrogen and oxygen atoms in total. The highest BCUT2D eigenvalue weighted by atomic mass is 79.9. The number of rotatable bonds is 3. The van der Waals surface area contributed by atoms with Gasteiger partial charge in [0.25, 0.3) is 0 Å². The molecule has 0 saturated heterocycles. The van der Waals surface area contributed by atoms with Gasteiger partial charge in [-0.1, -0.05) is 22.9 Å². The van der Waals surface area contributed by atoms with E-state index in [0.29, 0.717) is 5.92 Å². The standard InChI is InChI=1S/C13H14BrNO/c1-9(11-3-6-15-7-4-11)13(14)12-5-8-16-10(12)2/h3-9,13H,1-2H3. The molecule has 0 radical (unpaired) electrons. The second-order valence-electron chi connectivity index (χ2n) is 3.90. The lowest BCUT2D eigenvalue weighted by Crippen LogP contribution is -2.02. The van der Waals surface area contributed by atoms with Crippen LogP contribution in [-0.4, -0.2) is 4.98 Å². The van der Waals surface area contributed by atoms with Gasteiger partial charge in [0.15, 0.2) is 0 Å². The minimum atomic E-state index is 0.272. The van der Waals surface area contributed by atoms with E-state index in [1.54, 1.807) is 6.26 Å². The Morgan fingerprint density at radius 1 is 1.25 bits per heavy atom. The molecule has 3 heteroatoms. The van der Waals surface area contributed by atoms with Crippen molar-refractivity contribution in [1.82, 2.24) is 4.98 Å². The molecular formula is C13H14BrNO. The molecule has 2 heterocycles. The molecule has 0 spiro atoms. The van der Waals surface area contributed by atoms with Crippen molar-refractivity contribution in [3.8, 4) is 0 Å². The summed E-state index contributed by atoms with van der Waals surface area (Å²) in [5.41, 5.74) is 2.49. The van der Waals surface area contributed by atoms with E-state index in [9.17, 15) is 0 Å². The number of furan rings is 1. The zero-order chi connectivity index (χ0) is 11.5. The lowest BCUT2D eigenvalue weighted by molar-refractivity contribution is 0.527. The van der Waals surface area contributed by atoms with Crippen LogP contribution in [0.25, 0.3) is 0 Å². The molecule has 84 valence electrons. The molecule has 0 aliphatic rings. The first-order chi connectivity index (χ1) is 7.70. The lowest BCUT2D eigenvalue weighted by Gasteiger charge is -2.18. The van der Waals surface area contributed by atoms with Gasteiger partial charge in [-0.15, -0.1) is 0 Å². The molecule has 2 rings (SSSR count). The van der Waals surface area contributed by atoms with E-state index in [4.69, 9.17) is 4.42 Å². The van der Waals surface area contributed by atoms with E-state index in [2.05, 4.69) is 27.8 Å². The summed E-state index contributed by atoms with van der Waals surface area (Å²) in [7, 11) is 0. The van der Waals surface area contributed by atoms with Gasteiger partial charge in [0.2, 0.25) is 0 Å². The molecule has 0 amide bonds. The van der Waals surface area contributed by atoms with Gasteiger partial charge in [0.1, 0.15) is 5.76 Å². The first-order valence-electron chi connectivity index (χ1n) is 5.28. The highest BCUT2D eigenvalue weighted by Crippen LogP contribution is 2.39. The number of pyridine rings is 1. The molecule has 16 heavy (non-hydrogen) atoms. The molecular weight excluding hydrogens is 266 g/mol. The largest absolute Gasteiger partial charge is 0.469 e. The van der Waals surface area contributed by atoms with Crippen LogP contribution >= 0.6 is 15.9 Å². The van der Waals surface area contributed by atoms with Crippen LogP contribution in [0, 0.1) is 6.92 Å². The highest BCUT2D eigenvalue weighted by molar-refractivity contribution is 9.09. The SMILES string of the molecule is Cc1occc1C(Br)C(C)c1ccncc1. The molecule has 2 aromatic heterocycles. The maximum Gasteiger partial charge on any atom is 0.105 e. The zero-order valence-electron chi connectivity index (χ0n) is 9.35. The van der Waals surface area contributed by atoms with Crippen LogP contribution in [-0.2, 0) is 0 Å². The van der Waals surface area contributed by atoms with E-state index < -0.39 is 0 Å². The first-order valence-corrected chi connectivity index (χ1v) is 6.19. The monoisotopic (exact) mass is 279 g/mol. The molecule has 2 unspecified atom stereocenters. The first kappa shape index (κ1) is 11.4. The summed E-state index contributed by atoms with van der Waals surface area (Å²) in [6.07, 6.45) is 5.39. The van der Waals surface area contributed by atoms with E-state index >= 15 is 0 Å². The van der Waals surface area contributed by atoms with Crippen LogP contribution in [0.4, 0.5) is 0 Å². The van der Waals surface area contributed by atoms with Crippen LogP contribution in [0.5, 0.6) is 0 Å². The summed E-state index contributed by atoms with van der Waals surface area (Å²) in [5.74, 6) is 1.36. The van der Waals surface area contributed by atoms with Gasteiger partial charge in [-0.05, 0) is 36.6 Å². The fourth-order valence-corrected chi connectivity index (χ4v) is 2.57. The number of hydrogen-bond acceptors (Lipinski definition) is 2. The minimum absolute atomic E-state index is 0.272. The van der Waals surface area contributed by atoms with Crippen LogP contribution in [0.2, 0.25) is 0 Å². The Kier molecular flexibility index (Phi) is 3.44. The molecule has 2 atom stereocenters. The zero-order valence-corrected chi connectivity index (χ0v) is 10.9. The number of halogens is 1. The fraction of sp³-hybridized carbons (Fsp3) is 0.308. The van der Waals surface area contributed by atoms with Crippen molar-refractivity contribution in [3.63, 3.8) is 0 Å². The molecule has 0 aliphatic heterocycles. The Morgan fingerprint density at radius 3 is 2.50 bits per heavy atom. The summed E-state index contributed by atoms with van der Waals surface area (Å²) < 4.78 is 5.33. The van der Waals surface area contributed by atoms with E-state index in [0.717, 1.165) is 5.76 Å². The number of aryl methyl sites for hydroxylation is 1. The number of nitrogens with zero attached hydrogens (tertiary/aromatic N) is 1. The molecule has 0 bridgehead atoms. The summed E-state index contributed by atoms with van der Waals surface area (Å²) in [6.45, 7) is 4.18. The maximum atomic E-state index is 5.33. The smallest absolute Gasteiger partial charge is 0.105 e. The Balaban J connectivity index is 2.23. The van der Waals surface area contributed by atoms with Crippen molar-refractivity contribution >= 4 is 15.9 Å². The number of hydrogen-bond donors (Lipinski definition) is 0. The van der Waals surface area contributed by atoms with Gasteiger partial charge >= 0.3 is 0 Å². The minimum Gasteiger partial charge on any atom is -0.469 e. The lowest BCUT2D eigenvalue weighted by atomic mass is 9.95. The molecule has 0 aromatic carbocycles. The third kappa shape index (κ3) is 2.19. The van der Waals surface area contributed by atoms with Crippen molar-refractivity contribution in [1.29, 1.82) is 0 Å². The van der Waals surface area contributed by atoms with Crippen LogP contribution in [0.15, 0.2) is 41.3 Å². The van der Waals surface area contributed by atoms with Gasteiger partial charge in [-0.3, -0.25) is 4.98 Å². The Morgan fingerprint density at radius 2 is 1.94 bits per heavy atom. The second-order valence-corrected chi connectivity index (χ2v) is 4.89. The number of aromatic nitrogens is 1. The Labute approximate surface area is 104 Å². The van der Waals surface area contributed by atoms with E-state index in [1.165, 1.54) is 11.1 Å². The average molecular weight is 280 g/mol. The second kappa shape index (κ2) is 4.83. The average Bonchev–Trinajstić information content (AvgIpc) is 2.75. The van der Waals surface area contributed by atoms with E-state index in [-0.39, 0.29) is 4.83 Å². The molecule has 0 aliphatic carbocycles. The normalized spacial score (nSPS) is 14.7. The Hall–Kier alpha value is -1.09. The fourth-order valence-electron chi connectivity index (χ4n) is 1.79. The summed E-state index contributed by atoms with van der Waals surface area (Å²) >= 11 is 3.74. The Bertz CT molecular complexity index is 452. The highest BCUT2D eigenvalue weighted by Gasteiger charge is 2.20. The molecule has 2 aromatic rings. The van der Waals surface area contributed by atoms with Crippen molar-refractivity contribution in [2.24, 2.45) is 0 Å². The van der Waals surface area contributed by atoms with Crippen molar-refractivity contribution in [2.75, 3.05) is 0 Å². The third-order valence-electron chi connectivity index (χ3n) is 2.87. The molecule has 0 saturated carbocycles. The maximum absolute atomic E-state index is 5.33. The van der Waals surface area contributed by atoms with Crippen LogP contribution in [0.1, 0.15) is 34.6 Å². The van der Waals surface area contributed by atoms with Gasteiger partial charge in [-0.25, -0.2) is 0 Å². The number of alkyl halides is 1. The van der Waals surface area contributed by atoms with Crippen molar-refractivity contribution < 1.29 is 4.42 Å². The van der Waals surface area contributed by atoms with Gasteiger partial charge in [-0.2, -0.15) is 0 Å². The topological polar surface area (TPSA) is 26.0 Å². The summed E-state index contributed by atoms with van der Waals surface area (Å²) in [4.78, 5) is 4.31. The summed E-state index contributed by atoms with van der Waals surface area (Å²) in [6, 6.07) is 6.12. The predicted octanol–water partition coefficient (Wildman–Crippen LogP) is 4.22. The van der Waals surface area contributed by atoms with Crippen molar-refractivity contribution in [3.05, 3.63) is 53.7 Å². The quantitative estimate of drug-likeness (QED) is 0.787. The van der Waals surface area contributed by atoms with Crippen molar-refractivity contribution in [2.45, 2.75) is 24.6 Å². The van der Waals surface area contributed by atoms with Gasteiger partial charge < -0.3 is 4.42 Å². The summed E-state index contributed by atoms with van der Waals surface area (Å²) in [5, 5.41) is 0. The molecule has 0 N–H and O–H groups in total. The van der Waals surface area contributed by atoms with Gasteiger partial charge in [0.05, 0.1) is 6.26 Å². The molecule has 0 fully saturated rings. The predicted molar refractivity (Wildman–Crippen MR) is 67.8 cm³/mol. The van der Waals surface area contributed by atoms with E-state index in [1.807, 2.05) is 37.5 Å². The van der Waals surface area contributed by atoms with Crippen LogP contribution in [0.3, 0.4) is 0 Å².